The van der Waals surface area contributed by atoms with Crippen LogP contribution in [0.3, 0.4) is 0 Å². The molecule has 6 unspecified atom stereocenters. The van der Waals surface area contributed by atoms with Crippen LogP contribution in [-0.2, 0) is 9.59 Å². The number of aromatic nitrogens is 1. The average molecular weight is 529 g/mol. The average Bonchev–Trinajstić information content (AvgIpc) is 3.55. The highest BCUT2D eigenvalue weighted by Crippen LogP contribution is 2.69. The van der Waals surface area contributed by atoms with E-state index in [1.807, 2.05) is 42.5 Å². The zero-order valence-corrected chi connectivity index (χ0v) is 20.8. The van der Waals surface area contributed by atoms with Crippen LogP contribution in [0.4, 0.5) is 5.69 Å². The van der Waals surface area contributed by atoms with Crippen LogP contribution in [-0.4, -0.2) is 22.0 Å². The maximum Gasteiger partial charge on any atom is 0.305 e. The van der Waals surface area contributed by atoms with E-state index in [-0.39, 0.29) is 57.4 Å². The fourth-order valence-electron chi connectivity index (χ4n) is 6.96. The van der Waals surface area contributed by atoms with Gasteiger partial charge in [0.1, 0.15) is 0 Å². The SMILES string of the molecule is O=C1C2C3CC(C2C(=O)N1c1ccccc1)C1C3Sc2[nH]c(=O)sc2[C@@H]1c1cccc(Cl)c1Cl. The zero-order valence-electron chi connectivity index (χ0n) is 17.6. The number of rotatable bonds is 2. The minimum Gasteiger partial charge on any atom is -0.307 e. The van der Waals surface area contributed by atoms with E-state index >= 15 is 0 Å². The molecule has 1 saturated heterocycles. The maximum atomic E-state index is 13.7. The second-order valence-electron chi connectivity index (χ2n) is 9.45. The van der Waals surface area contributed by atoms with Crippen LogP contribution in [0.5, 0.6) is 0 Å². The number of H-pyrrole nitrogens is 1. The first-order chi connectivity index (χ1) is 16.5. The molecule has 7 atom stereocenters. The molecule has 5 nitrogen and oxygen atoms in total. The number of para-hydroxylation sites is 1. The zero-order chi connectivity index (χ0) is 23.3. The summed E-state index contributed by atoms with van der Waals surface area (Å²) in [4.78, 5) is 44.9. The lowest BCUT2D eigenvalue weighted by molar-refractivity contribution is -0.123. The maximum absolute atomic E-state index is 13.7. The summed E-state index contributed by atoms with van der Waals surface area (Å²) in [5.74, 6) is -0.753. The minimum absolute atomic E-state index is 0.0445. The smallest absolute Gasteiger partial charge is 0.305 e. The molecule has 2 aliphatic carbocycles. The van der Waals surface area contributed by atoms with E-state index in [1.165, 1.54) is 16.2 Å². The number of hydrogen-bond acceptors (Lipinski definition) is 5. The molecule has 0 spiro atoms. The molecule has 3 aromatic rings. The molecule has 2 aliphatic heterocycles. The van der Waals surface area contributed by atoms with Gasteiger partial charge in [0.05, 0.1) is 32.6 Å². The van der Waals surface area contributed by atoms with Crippen LogP contribution in [0.25, 0.3) is 0 Å². The van der Waals surface area contributed by atoms with Gasteiger partial charge in [-0.2, -0.15) is 0 Å². The number of hydrogen-bond donors (Lipinski definition) is 1. The third-order valence-electron chi connectivity index (χ3n) is 8.05. The normalized spacial score (nSPS) is 33.2. The number of fused-ring (bicyclic) bond motifs is 9. The van der Waals surface area contributed by atoms with Gasteiger partial charge in [0.25, 0.3) is 0 Å². The topological polar surface area (TPSA) is 70.2 Å². The van der Waals surface area contributed by atoms with Crippen molar-refractivity contribution in [1.29, 1.82) is 0 Å². The fourth-order valence-corrected chi connectivity index (χ4v) is 10.3. The van der Waals surface area contributed by atoms with Crippen molar-refractivity contribution in [2.24, 2.45) is 29.6 Å². The highest BCUT2D eigenvalue weighted by atomic mass is 35.5. The Morgan fingerprint density at radius 2 is 1.65 bits per heavy atom. The Labute approximate surface area is 213 Å². The molecule has 2 bridgehead atoms. The number of nitrogens with one attached hydrogen (secondary N) is 1. The summed E-state index contributed by atoms with van der Waals surface area (Å²) in [6.45, 7) is 0. The molecule has 1 N–H and O–H groups in total. The third kappa shape index (κ3) is 2.72. The number of benzene rings is 2. The first kappa shape index (κ1) is 21.2. The molecule has 3 fully saturated rings. The van der Waals surface area contributed by atoms with E-state index in [0.717, 1.165) is 21.9 Å². The largest absolute Gasteiger partial charge is 0.307 e. The quantitative estimate of drug-likeness (QED) is 0.450. The second-order valence-corrected chi connectivity index (χ2v) is 12.4. The standard InChI is InChI=1S/C25H18Cl2N2O3S2/c26-14-8-4-7-11(19(14)27)15-16-12-9-13(20(16)33-22-21(15)34-25(32)28-22)18-17(12)23(30)29(24(18)31)10-5-2-1-3-6-10/h1-8,12-13,15-18,20H,9H2,(H,28,32)/t12?,13?,15-,16?,17?,18?,20?/m1/s1. The van der Waals surface area contributed by atoms with Crippen molar-refractivity contribution in [1.82, 2.24) is 4.98 Å². The summed E-state index contributed by atoms with van der Waals surface area (Å²) in [6, 6.07) is 14.8. The van der Waals surface area contributed by atoms with Crippen molar-refractivity contribution >= 4 is 63.8 Å². The van der Waals surface area contributed by atoms with Gasteiger partial charge in [-0.3, -0.25) is 19.3 Å². The summed E-state index contributed by atoms with van der Waals surface area (Å²) in [5.41, 5.74) is 1.53. The number of anilines is 1. The predicted molar refractivity (Wildman–Crippen MR) is 134 cm³/mol. The summed E-state index contributed by atoms with van der Waals surface area (Å²) in [7, 11) is 0. The summed E-state index contributed by atoms with van der Waals surface area (Å²) < 4.78 is 0. The summed E-state index contributed by atoms with van der Waals surface area (Å²) in [5, 5.41) is 1.95. The molecule has 1 aromatic heterocycles. The molecule has 3 heterocycles. The van der Waals surface area contributed by atoms with Gasteiger partial charge in [-0.15, -0.1) is 11.8 Å². The molecule has 34 heavy (non-hydrogen) atoms. The number of amides is 2. The third-order valence-corrected chi connectivity index (χ3v) is 11.5. The first-order valence-corrected chi connectivity index (χ1v) is 13.7. The Balaban J connectivity index is 1.36. The van der Waals surface area contributed by atoms with E-state index in [0.29, 0.717) is 15.7 Å². The van der Waals surface area contributed by atoms with Crippen molar-refractivity contribution in [2.45, 2.75) is 22.6 Å². The number of nitrogens with zero attached hydrogens (tertiary/aromatic N) is 1. The monoisotopic (exact) mass is 528 g/mol. The molecule has 4 aliphatic rings. The Bertz CT molecular complexity index is 1420. The number of aromatic amines is 1. The number of carbonyl (C=O) groups is 2. The van der Waals surface area contributed by atoms with Gasteiger partial charge in [0.15, 0.2) is 0 Å². The predicted octanol–water partition coefficient (Wildman–Crippen LogP) is 5.42. The van der Waals surface area contributed by atoms with E-state index < -0.39 is 0 Å². The Morgan fingerprint density at radius 3 is 2.41 bits per heavy atom. The number of imide groups is 1. The Morgan fingerprint density at radius 1 is 0.912 bits per heavy atom. The van der Waals surface area contributed by atoms with Crippen LogP contribution in [0, 0.1) is 29.6 Å². The van der Waals surface area contributed by atoms with Crippen molar-refractivity contribution in [3.8, 4) is 0 Å². The fraction of sp³-hybridized carbons (Fsp3) is 0.320. The van der Waals surface area contributed by atoms with Crippen LogP contribution < -0.4 is 9.77 Å². The molecule has 2 saturated carbocycles. The van der Waals surface area contributed by atoms with Crippen LogP contribution in [0.2, 0.25) is 10.0 Å². The highest BCUT2D eigenvalue weighted by molar-refractivity contribution is 8.00. The number of thiazole rings is 1. The van der Waals surface area contributed by atoms with Crippen molar-refractivity contribution < 1.29 is 9.59 Å². The molecule has 9 heteroatoms. The molecule has 0 radical (unpaired) electrons. The van der Waals surface area contributed by atoms with Crippen LogP contribution in [0.1, 0.15) is 22.8 Å². The lowest BCUT2D eigenvalue weighted by Crippen LogP contribution is -2.42. The Hall–Kier alpha value is -2.06. The lowest BCUT2D eigenvalue weighted by atomic mass is 9.68. The van der Waals surface area contributed by atoms with Gasteiger partial charge in [0, 0.05) is 16.0 Å². The van der Waals surface area contributed by atoms with Crippen LogP contribution in [0.15, 0.2) is 58.4 Å². The Kier molecular flexibility index (Phi) is 4.67. The van der Waals surface area contributed by atoms with Gasteiger partial charge >= 0.3 is 4.87 Å². The van der Waals surface area contributed by atoms with E-state index in [2.05, 4.69) is 4.98 Å². The first-order valence-electron chi connectivity index (χ1n) is 11.2. The van der Waals surface area contributed by atoms with Gasteiger partial charge in [0.2, 0.25) is 11.8 Å². The molecule has 7 rings (SSSR count). The van der Waals surface area contributed by atoms with Gasteiger partial charge in [-0.1, -0.05) is 64.9 Å². The highest BCUT2D eigenvalue weighted by Gasteiger charge is 2.69. The van der Waals surface area contributed by atoms with Crippen LogP contribution >= 0.6 is 46.3 Å². The van der Waals surface area contributed by atoms with Gasteiger partial charge in [-0.05, 0) is 47.9 Å². The van der Waals surface area contributed by atoms with E-state index in [9.17, 15) is 14.4 Å². The molecular formula is C25H18Cl2N2O3S2. The number of halogens is 2. The lowest BCUT2D eigenvalue weighted by Gasteiger charge is -2.43. The van der Waals surface area contributed by atoms with Crippen molar-refractivity contribution in [2.75, 3.05) is 4.90 Å². The van der Waals surface area contributed by atoms with E-state index in [4.69, 9.17) is 23.2 Å². The summed E-state index contributed by atoms with van der Waals surface area (Å²) >= 11 is 16.0. The molecule has 2 amide bonds. The number of carbonyl (C=O) groups excluding carboxylic acids is 2. The van der Waals surface area contributed by atoms with Gasteiger partial charge < -0.3 is 4.98 Å². The second kappa shape index (κ2) is 7.47. The number of thioether (sulfide) groups is 1. The van der Waals surface area contributed by atoms with Crippen molar-refractivity contribution in [3.05, 3.63) is 78.7 Å². The summed E-state index contributed by atoms with van der Waals surface area (Å²) in [6.07, 6.45) is 0.839. The molecular weight excluding hydrogens is 511 g/mol. The minimum atomic E-state index is -0.336. The molecule has 172 valence electrons. The van der Waals surface area contributed by atoms with Crippen molar-refractivity contribution in [3.63, 3.8) is 0 Å². The van der Waals surface area contributed by atoms with Gasteiger partial charge in [-0.25, -0.2) is 0 Å². The molecule has 2 aromatic carbocycles. The van der Waals surface area contributed by atoms with E-state index in [1.54, 1.807) is 17.8 Å².